The second-order valence-corrected chi connectivity index (χ2v) is 8.19. The van der Waals surface area contributed by atoms with Gasteiger partial charge in [-0.1, -0.05) is 36.4 Å². The Morgan fingerprint density at radius 3 is 2.50 bits per heavy atom. The lowest BCUT2D eigenvalue weighted by atomic mass is 10.1. The predicted molar refractivity (Wildman–Crippen MR) is 100 cm³/mol. The number of rotatable bonds is 5. The molecule has 0 fully saturated rings. The van der Waals surface area contributed by atoms with Crippen molar-refractivity contribution >= 4 is 26.7 Å². The van der Waals surface area contributed by atoms with Crippen LogP contribution in [0.1, 0.15) is 27.0 Å². The van der Waals surface area contributed by atoms with E-state index in [4.69, 9.17) is 5.73 Å². The van der Waals surface area contributed by atoms with Crippen molar-refractivity contribution in [2.75, 3.05) is 0 Å². The van der Waals surface area contributed by atoms with Crippen molar-refractivity contribution < 1.29 is 13.2 Å². The molecular formula is C20H18N2O3S. The van der Waals surface area contributed by atoms with Crippen LogP contribution in [0.2, 0.25) is 0 Å². The number of primary amides is 1. The number of amides is 1. The molecule has 3 aromatic rings. The molecule has 0 heterocycles. The molecule has 0 aromatic heterocycles. The highest BCUT2D eigenvalue weighted by Crippen LogP contribution is 2.34. The molecule has 0 aliphatic heterocycles. The Kier molecular flexibility index (Phi) is 4.01. The number of hydrogen-bond acceptors (Lipinski definition) is 3. The Bertz CT molecular complexity index is 1130. The van der Waals surface area contributed by atoms with Crippen LogP contribution in [0.25, 0.3) is 10.8 Å². The summed E-state index contributed by atoms with van der Waals surface area (Å²) in [4.78, 5) is 11.6. The second-order valence-electron chi connectivity index (χ2n) is 6.45. The zero-order chi connectivity index (χ0) is 18.3. The average molecular weight is 366 g/mol. The first-order valence-electron chi connectivity index (χ1n) is 8.37. The number of aryl methyl sites for hydroxylation is 2. The Morgan fingerprint density at radius 2 is 1.73 bits per heavy atom. The third-order valence-corrected chi connectivity index (χ3v) is 6.26. The molecule has 1 aliphatic carbocycles. The van der Waals surface area contributed by atoms with Crippen molar-refractivity contribution in [2.24, 2.45) is 5.73 Å². The summed E-state index contributed by atoms with van der Waals surface area (Å²) in [5.41, 5.74) is 8.70. The Morgan fingerprint density at radius 1 is 1.00 bits per heavy atom. The smallest absolute Gasteiger partial charge is 0.248 e. The van der Waals surface area contributed by atoms with Crippen LogP contribution in [0.5, 0.6) is 0 Å². The fraction of sp³-hybridized carbons (Fsp3) is 0.150. The summed E-state index contributed by atoms with van der Waals surface area (Å²) in [6.45, 7) is 0.0897. The number of hydrogen-bond donors (Lipinski definition) is 2. The van der Waals surface area contributed by atoms with Crippen LogP contribution in [0, 0.1) is 0 Å². The van der Waals surface area contributed by atoms with Gasteiger partial charge in [0, 0.05) is 17.5 Å². The molecule has 0 radical (unpaired) electrons. The molecule has 0 unspecified atom stereocenters. The molecule has 1 aliphatic rings. The van der Waals surface area contributed by atoms with Crippen molar-refractivity contribution in [1.82, 2.24) is 4.72 Å². The lowest BCUT2D eigenvalue weighted by Gasteiger charge is -2.11. The normalized spacial score (nSPS) is 13.2. The third-order valence-electron chi connectivity index (χ3n) is 4.80. The van der Waals surface area contributed by atoms with E-state index in [2.05, 4.69) is 10.8 Å². The lowest BCUT2D eigenvalue weighted by Crippen LogP contribution is -2.24. The van der Waals surface area contributed by atoms with E-state index in [-0.39, 0.29) is 11.4 Å². The maximum Gasteiger partial charge on any atom is 0.248 e. The first-order chi connectivity index (χ1) is 12.5. The summed E-state index contributed by atoms with van der Waals surface area (Å²) < 4.78 is 28.4. The fourth-order valence-electron chi connectivity index (χ4n) is 3.55. The highest BCUT2D eigenvalue weighted by atomic mass is 32.2. The Hall–Kier alpha value is -2.70. The van der Waals surface area contributed by atoms with Crippen molar-refractivity contribution in [3.05, 3.63) is 76.9 Å². The maximum atomic E-state index is 12.9. The van der Waals surface area contributed by atoms with E-state index in [0.29, 0.717) is 11.1 Å². The van der Waals surface area contributed by atoms with Crippen LogP contribution in [0.3, 0.4) is 0 Å². The summed E-state index contributed by atoms with van der Waals surface area (Å²) in [5.74, 6) is -0.540. The minimum atomic E-state index is -3.69. The molecule has 3 N–H and O–H groups in total. The fourth-order valence-corrected chi connectivity index (χ4v) is 4.76. The van der Waals surface area contributed by atoms with Gasteiger partial charge in [-0.25, -0.2) is 13.1 Å². The van der Waals surface area contributed by atoms with Crippen LogP contribution in [0.15, 0.2) is 59.5 Å². The topological polar surface area (TPSA) is 89.3 Å². The summed E-state index contributed by atoms with van der Waals surface area (Å²) in [7, 11) is -3.69. The van der Waals surface area contributed by atoms with Crippen LogP contribution in [-0.2, 0) is 29.4 Å². The van der Waals surface area contributed by atoms with Crippen LogP contribution >= 0.6 is 0 Å². The third kappa shape index (κ3) is 2.87. The molecule has 4 rings (SSSR count). The van der Waals surface area contributed by atoms with E-state index < -0.39 is 15.9 Å². The SMILES string of the molecule is NC(=O)c1cccc(CNS(=O)(=O)c2ccc3c4c(cccc24)CC3)c1. The number of nitrogens with two attached hydrogens (primary N) is 1. The molecule has 0 atom stereocenters. The molecule has 6 heteroatoms. The largest absolute Gasteiger partial charge is 0.366 e. The van der Waals surface area contributed by atoms with Gasteiger partial charge < -0.3 is 5.73 Å². The minimum absolute atomic E-state index is 0.0897. The summed E-state index contributed by atoms with van der Waals surface area (Å²) >= 11 is 0. The lowest BCUT2D eigenvalue weighted by molar-refractivity contribution is 0.1000. The highest BCUT2D eigenvalue weighted by Gasteiger charge is 2.22. The maximum absolute atomic E-state index is 12.9. The molecule has 3 aromatic carbocycles. The minimum Gasteiger partial charge on any atom is -0.366 e. The molecule has 0 spiro atoms. The standard InChI is InChI=1S/C20H18N2O3S/c21-20(23)16-5-1-3-13(11-16)12-22-26(24,25)18-10-9-15-8-7-14-4-2-6-17(18)19(14)15/h1-6,9-11,22H,7-8,12H2,(H2,21,23). The zero-order valence-corrected chi connectivity index (χ0v) is 14.8. The monoisotopic (exact) mass is 366 g/mol. The molecule has 1 amide bonds. The van der Waals surface area contributed by atoms with E-state index in [9.17, 15) is 13.2 Å². The van der Waals surface area contributed by atoms with E-state index in [1.165, 1.54) is 11.1 Å². The van der Waals surface area contributed by atoms with Crippen LogP contribution < -0.4 is 10.5 Å². The van der Waals surface area contributed by atoms with E-state index in [0.717, 1.165) is 23.6 Å². The molecule has 0 saturated carbocycles. The summed E-state index contributed by atoms with van der Waals surface area (Å²) in [6.07, 6.45) is 1.90. The van der Waals surface area contributed by atoms with E-state index in [1.807, 2.05) is 18.2 Å². The summed E-state index contributed by atoms with van der Waals surface area (Å²) in [5, 5.41) is 1.82. The zero-order valence-electron chi connectivity index (χ0n) is 14.0. The average Bonchev–Trinajstić information content (AvgIpc) is 3.06. The second kappa shape index (κ2) is 6.23. The van der Waals surface area contributed by atoms with E-state index >= 15 is 0 Å². The Labute approximate surface area is 151 Å². The van der Waals surface area contributed by atoms with Gasteiger partial charge in [-0.3, -0.25) is 4.79 Å². The van der Waals surface area contributed by atoms with Crippen molar-refractivity contribution in [3.8, 4) is 0 Å². The quantitative estimate of drug-likeness (QED) is 0.727. The highest BCUT2D eigenvalue weighted by molar-refractivity contribution is 7.89. The van der Waals surface area contributed by atoms with Gasteiger partial charge in [0.05, 0.1) is 4.90 Å². The van der Waals surface area contributed by atoms with Gasteiger partial charge in [-0.2, -0.15) is 0 Å². The van der Waals surface area contributed by atoms with Gasteiger partial charge in [0.15, 0.2) is 0 Å². The van der Waals surface area contributed by atoms with Crippen LogP contribution in [0.4, 0.5) is 0 Å². The van der Waals surface area contributed by atoms with Gasteiger partial charge in [0.2, 0.25) is 15.9 Å². The van der Waals surface area contributed by atoms with Gasteiger partial charge in [0.1, 0.15) is 0 Å². The molecule has 0 saturated heterocycles. The first kappa shape index (κ1) is 16.8. The first-order valence-corrected chi connectivity index (χ1v) is 9.86. The number of carbonyl (C=O) groups excluding carboxylic acids is 1. The molecule has 26 heavy (non-hydrogen) atoms. The Balaban J connectivity index is 1.67. The molecule has 5 nitrogen and oxygen atoms in total. The molecular weight excluding hydrogens is 348 g/mol. The number of carbonyl (C=O) groups is 1. The van der Waals surface area contributed by atoms with Crippen molar-refractivity contribution in [1.29, 1.82) is 0 Å². The van der Waals surface area contributed by atoms with Crippen molar-refractivity contribution in [3.63, 3.8) is 0 Å². The number of benzene rings is 3. The van der Waals surface area contributed by atoms with Gasteiger partial charge in [0.25, 0.3) is 0 Å². The van der Waals surface area contributed by atoms with Crippen LogP contribution in [-0.4, -0.2) is 14.3 Å². The molecule has 0 bridgehead atoms. The van der Waals surface area contributed by atoms with Gasteiger partial charge in [-0.15, -0.1) is 0 Å². The predicted octanol–water partition coefficient (Wildman–Crippen LogP) is 2.52. The van der Waals surface area contributed by atoms with Crippen molar-refractivity contribution in [2.45, 2.75) is 24.3 Å². The van der Waals surface area contributed by atoms with Gasteiger partial charge >= 0.3 is 0 Å². The summed E-state index contributed by atoms with van der Waals surface area (Å²) in [6, 6.07) is 16.0. The van der Waals surface area contributed by atoms with Gasteiger partial charge in [-0.05, 0) is 53.1 Å². The molecule has 132 valence electrons. The number of sulfonamides is 1. The number of nitrogens with one attached hydrogen (secondary N) is 1. The van der Waals surface area contributed by atoms with E-state index in [1.54, 1.807) is 30.3 Å².